The van der Waals surface area contributed by atoms with Gasteiger partial charge < -0.3 is 4.90 Å². The van der Waals surface area contributed by atoms with Crippen molar-refractivity contribution in [3.05, 3.63) is 35.4 Å². The Kier molecular flexibility index (Phi) is 7.01. The van der Waals surface area contributed by atoms with Gasteiger partial charge in [0, 0.05) is 6.54 Å². The molecule has 1 rings (SSSR count). The maximum absolute atomic E-state index is 3.36. The molecule has 2 heteroatoms. The normalized spacial score (nSPS) is 10.0. The zero-order valence-electron chi connectivity index (χ0n) is 9.80. The van der Waals surface area contributed by atoms with E-state index in [4.69, 9.17) is 0 Å². The van der Waals surface area contributed by atoms with Crippen LogP contribution in [0.25, 0.3) is 0 Å². The summed E-state index contributed by atoms with van der Waals surface area (Å²) in [5.74, 6) is 0. The van der Waals surface area contributed by atoms with E-state index in [0.717, 1.165) is 19.6 Å². The first-order chi connectivity index (χ1) is 6.26. The number of hydrogen-bond acceptors (Lipinski definition) is 1. The minimum atomic E-state index is 0. The van der Waals surface area contributed by atoms with E-state index in [9.17, 15) is 0 Å². The summed E-state index contributed by atoms with van der Waals surface area (Å²) in [7, 11) is 0. The molecule has 0 aliphatic rings. The first-order valence-corrected chi connectivity index (χ1v) is 4.96. The SMILES string of the molecule is CCN(CC)Cc1[c-]c(C)ccc1.[Li+]. The Hall–Kier alpha value is -0.223. The van der Waals surface area contributed by atoms with E-state index in [1.165, 1.54) is 11.1 Å². The van der Waals surface area contributed by atoms with Gasteiger partial charge in [-0.1, -0.05) is 20.8 Å². The third kappa shape index (κ3) is 4.33. The van der Waals surface area contributed by atoms with Crippen LogP contribution in [0.4, 0.5) is 0 Å². The molecule has 0 aromatic heterocycles. The van der Waals surface area contributed by atoms with Gasteiger partial charge in [-0.15, -0.1) is 5.56 Å². The summed E-state index contributed by atoms with van der Waals surface area (Å²) in [5.41, 5.74) is 2.52. The van der Waals surface area contributed by atoms with Crippen molar-refractivity contribution in [2.24, 2.45) is 0 Å². The van der Waals surface area contributed by atoms with E-state index < -0.39 is 0 Å². The first-order valence-electron chi connectivity index (χ1n) is 4.96. The summed E-state index contributed by atoms with van der Waals surface area (Å²) in [6.45, 7) is 9.72. The summed E-state index contributed by atoms with van der Waals surface area (Å²) in [4.78, 5) is 2.39. The van der Waals surface area contributed by atoms with Crippen LogP contribution in [-0.2, 0) is 6.54 Å². The third-order valence-electron chi connectivity index (χ3n) is 2.29. The molecule has 0 unspecified atom stereocenters. The quantitative estimate of drug-likeness (QED) is 0.455. The van der Waals surface area contributed by atoms with Gasteiger partial charge in [0.1, 0.15) is 0 Å². The number of hydrogen-bond donors (Lipinski definition) is 0. The van der Waals surface area contributed by atoms with E-state index in [1.54, 1.807) is 0 Å². The monoisotopic (exact) mass is 183 g/mol. The Labute approximate surface area is 99.7 Å². The molecule has 0 amide bonds. The van der Waals surface area contributed by atoms with E-state index in [0.29, 0.717) is 0 Å². The Bertz CT molecular complexity index is 256. The van der Waals surface area contributed by atoms with Crippen LogP contribution >= 0.6 is 0 Å². The van der Waals surface area contributed by atoms with Gasteiger partial charge in [-0.3, -0.25) is 0 Å². The Morgan fingerprint density at radius 2 is 1.86 bits per heavy atom. The Morgan fingerprint density at radius 3 is 2.36 bits per heavy atom. The smallest absolute Gasteiger partial charge is 0.302 e. The Morgan fingerprint density at radius 1 is 1.21 bits per heavy atom. The van der Waals surface area contributed by atoms with Crippen LogP contribution in [0.3, 0.4) is 0 Å². The average molecular weight is 183 g/mol. The van der Waals surface area contributed by atoms with E-state index >= 15 is 0 Å². The predicted molar refractivity (Wildman–Crippen MR) is 56.6 cm³/mol. The zero-order valence-corrected chi connectivity index (χ0v) is 9.80. The summed E-state index contributed by atoms with van der Waals surface area (Å²) in [6.07, 6.45) is 0. The van der Waals surface area contributed by atoms with Crippen LogP contribution in [0, 0.1) is 13.0 Å². The van der Waals surface area contributed by atoms with Crippen molar-refractivity contribution >= 4 is 0 Å². The number of aryl methyl sites for hydroxylation is 1. The molecule has 0 aliphatic carbocycles. The molecule has 14 heavy (non-hydrogen) atoms. The fraction of sp³-hybridized carbons (Fsp3) is 0.500. The molecule has 0 bridgehead atoms. The zero-order chi connectivity index (χ0) is 9.68. The molecule has 0 saturated heterocycles. The number of benzene rings is 1. The van der Waals surface area contributed by atoms with Gasteiger partial charge in [-0.25, -0.2) is 0 Å². The van der Waals surface area contributed by atoms with Crippen LogP contribution in [0.1, 0.15) is 25.0 Å². The number of nitrogens with zero attached hydrogens (tertiary/aromatic N) is 1. The molecule has 0 atom stereocenters. The van der Waals surface area contributed by atoms with Crippen LogP contribution in [0.15, 0.2) is 18.2 Å². The van der Waals surface area contributed by atoms with Crippen molar-refractivity contribution in [2.75, 3.05) is 13.1 Å². The molecule has 1 aromatic carbocycles. The molecule has 72 valence electrons. The molecular formula is C12H18LiN. The van der Waals surface area contributed by atoms with Crippen molar-refractivity contribution in [3.63, 3.8) is 0 Å². The van der Waals surface area contributed by atoms with Gasteiger partial charge in [0.2, 0.25) is 0 Å². The summed E-state index contributed by atoms with van der Waals surface area (Å²) >= 11 is 0. The fourth-order valence-corrected chi connectivity index (χ4v) is 1.43. The minimum Gasteiger partial charge on any atom is -0.302 e. The van der Waals surface area contributed by atoms with Crippen LogP contribution in [0.2, 0.25) is 0 Å². The van der Waals surface area contributed by atoms with Crippen molar-refractivity contribution in [1.82, 2.24) is 4.90 Å². The van der Waals surface area contributed by atoms with E-state index in [1.807, 2.05) is 0 Å². The molecule has 1 nitrogen and oxygen atoms in total. The molecule has 0 radical (unpaired) electrons. The van der Waals surface area contributed by atoms with E-state index in [2.05, 4.69) is 49.9 Å². The summed E-state index contributed by atoms with van der Waals surface area (Å²) < 4.78 is 0. The van der Waals surface area contributed by atoms with Gasteiger partial charge in [0.15, 0.2) is 0 Å². The molecular weight excluding hydrogens is 165 g/mol. The van der Waals surface area contributed by atoms with Crippen molar-refractivity contribution in [1.29, 1.82) is 0 Å². The van der Waals surface area contributed by atoms with Gasteiger partial charge in [0.25, 0.3) is 0 Å². The molecule has 0 N–H and O–H groups in total. The van der Waals surface area contributed by atoms with Crippen LogP contribution in [-0.4, -0.2) is 18.0 Å². The molecule has 0 aliphatic heterocycles. The van der Waals surface area contributed by atoms with Gasteiger partial charge in [-0.2, -0.15) is 29.8 Å². The van der Waals surface area contributed by atoms with Gasteiger partial charge in [0.05, 0.1) is 0 Å². The molecule has 0 fully saturated rings. The fourth-order valence-electron chi connectivity index (χ4n) is 1.43. The molecule has 0 spiro atoms. The second-order valence-electron chi connectivity index (χ2n) is 3.32. The van der Waals surface area contributed by atoms with Gasteiger partial charge >= 0.3 is 18.9 Å². The van der Waals surface area contributed by atoms with Crippen molar-refractivity contribution in [3.8, 4) is 0 Å². The maximum Gasteiger partial charge on any atom is 1.00 e. The van der Waals surface area contributed by atoms with E-state index in [-0.39, 0.29) is 18.9 Å². The van der Waals surface area contributed by atoms with Crippen molar-refractivity contribution in [2.45, 2.75) is 27.3 Å². The maximum atomic E-state index is 3.36. The topological polar surface area (TPSA) is 3.24 Å². The second-order valence-corrected chi connectivity index (χ2v) is 3.32. The summed E-state index contributed by atoms with van der Waals surface area (Å²) in [6, 6.07) is 9.70. The molecule has 0 heterocycles. The van der Waals surface area contributed by atoms with Crippen molar-refractivity contribution < 1.29 is 18.9 Å². The van der Waals surface area contributed by atoms with Gasteiger partial charge in [-0.05, 0) is 13.1 Å². The molecule has 0 saturated carbocycles. The Balaban J connectivity index is 0.00000169. The standard InChI is InChI=1S/C12H18N.Li/c1-4-13(5-2)10-12-8-6-7-11(3)9-12;/h6-8H,4-5,10H2,1-3H3;/q-1;+1. The minimum absolute atomic E-state index is 0. The molecule has 1 aromatic rings. The average Bonchev–Trinajstić information content (AvgIpc) is 2.14. The second kappa shape index (κ2) is 7.12. The predicted octanol–water partition coefficient (Wildman–Crippen LogP) is -0.359. The first kappa shape index (κ1) is 13.8. The van der Waals surface area contributed by atoms with Crippen LogP contribution < -0.4 is 18.9 Å². The number of rotatable bonds is 4. The van der Waals surface area contributed by atoms with Crippen LogP contribution in [0.5, 0.6) is 0 Å². The third-order valence-corrected chi connectivity index (χ3v) is 2.29. The summed E-state index contributed by atoms with van der Waals surface area (Å²) in [5, 5.41) is 0. The largest absolute Gasteiger partial charge is 1.00 e.